The molecule has 2 saturated carbocycles. The van der Waals surface area contributed by atoms with E-state index in [4.69, 9.17) is 9.05 Å². The van der Waals surface area contributed by atoms with Gasteiger partial charge in [0.05, 0.1) is 6.16 Å². The molecule has 0 aliphatic heterocycles. The van der Waals surface area contributed by atoms with E-state index in [-0.39, 0.29) is 5.92 Å². The lowest BCUT2D eigenvalue weighted by atomic mass is 9.95. The summed E-state index contributed by atoms with van der Waals surface area (Å²) in [6.45, 7) is 4.26. The highest BCUT2D eigenvalue weighted by Gasteiger charge is 2.38. The Morgan fingerprint density at radius 3 is 1.53 bits per heavy atom. The molecule has 0 bridgehead atoms. The van der Waals surface area contributed by atoms with Gasteiger partial charge in [-0.3, -0.25) is 4.57 Å². The molecule has 0 aromatic heterocycles. The third-order valence-electron chi connectivity index (χ3n) is 6.91. The molecule has 2 atom stereocenters. The van der Waals surface area contributed by atoms with Crippen LogP contribution < -0.4 is 0 Å². The van der Waals surface area contributed by atoms with Gasteiger partial charge in [0.25, 0.3) is 0 Å². The van der Waals surface area contributed by atoms with E-state index >= 15 is 0 Å². The lowest BCUT2D eigenvalue weighted by molar-refractivity contribution is 0.239. The molecule has 0 spiro atoms. The highest BCUT2D eigenvalue weighted by Crippen LogP contribution is 2.55. The number of hydrogen-bond donors (Lipinski definition) is 0. The van der Waals surface area contributed by atoms with Crippen molar-refractivity contribution >= 4 is 38.8 Å². The fourth-order valence-electron chi connectivity index (χ4n) is 4.50. The molecule has 0 saturated heterocycles. The molecule has 4 rings (SSSR count). The van der Waals surface area contributed by atoms with E-state index in [0.717, 1.165) is 11.8 Å². The first-order chi connectivity index (χ1) is 18.2. The predicted molar refractivity (Wildman–Crippen MR) is 167 cm³/mol. The Balaban J connectivity index is 0.000000221. The highest BCUT2D eigenvalue weighted by atomic mass is 127. The molecule has 2 unspecified atom stereocenters. The van der Waals surface area contributed by atoms with E-state index in [1.54, 1.807) is 26.9 Å². The van der Waals surface area contributed by atoms with Crippen molar-refractivity contribution in [2.24, 2.45) is 11.8 Å². The number of halogens is 1. The van der Waals surface area contributed by atoms with Crippen LogP contribution in [0, 0.1) is 25.7 Å². The molecule has 0 heterocycles. The Morgan fingerprint density at radius 1 is 0.789 bits per heavy atom. The predicted octanol–water partition coefficient (Wildman–Crippen LogP) is 9.05. The maximum atomic E-state index is 12.3. The molecule has 6 nitrogen and oxygen atoms in total. The van der Waals surface area contributed by atoms with Crippen molar-refractivity contribution in [1.29, 1.82) is 0 Å². The summed E-state index contributed by atoms with van der Waals surface area (Å²) in [7, 11) is 3.56. The van der Waals surface area contributed by atoms with Crippen molar-refractivity contribution in [2.75, 3.05) is 46.1 Å². The summed E-state index contributed by atoms with van der Waals surface area (Å²) in [4.78, 5) is 0. The third-order valence-corrected chi connectivity index (χ3v) is 10.7. The van der Waals surface area contributed by atoms with Crippen LogP contribution in [0.1, 0.15) is 59.8 Å². The van der Waals surface area contributed by atoms with Crippen LogP contribution in [0.2, 0.25) is 0 Å². The fourth-order valence-corrected chi connectivity index (χ4v) is 7.61. The Kier molecular flexibility index (Phi) is 15.5. The summed E-state index contributed by atoms with van der Waals surface area (Å²) in [5, 5.41) is 0. The van der Waals surface area contributed by atoms with Gasteiger partial charge in [-0.2, -0.15) is 0 Å². The lowest BCUT2D eigenvalue weighted by Crippen LogP contribution is -2.09. The minimum Gasteiger partial charge on any atom is -0.316 e. The SMILES string of the molecule is COP(=O)(CC(c1cccc(C)c1)C1CC1)OC.COP(OC)OC.Cc1cccc(C(CI)C2CC2)c1. The lowest BCUT2D eigenvalue weighted by Gasteiger charge is -2.22. The van der Waals surface area contributed by atoms with Crippen LogP contribution in [0.3, 0.4) is 0 Å². The monoisotopic (exact) mass is 678 g/mol. The normalized spacial score (nSPS) is 16.7. The van der Waals surface area contributed by atoms with Crippen molar-refractivity contribution in [3.05, 3.63) is 70.8 Å². The van der Waals surface area contributed by atoms with Gasteiger partial charge in [0.15, 0.2) is 0 Å². The summed E-state index contributed by atoms with van der Waals surface area (Å²) >= 11 is 2.52. The van der Waals surface area contributed by atoms with Crippen molar-refractivity contribution in [2.45, 2.75) is 51.4 Å². The van der Waals surface area contributed by atoms with Crippen LogP contribution in [-0.2, 0) is 27.2 Å². The summed E-state index contributed by atoms with van der Waals surface area (Å²) in [6.07, 6.45) is 5.80. The number of benzene rings is 2. The third kappa shape index (κ3) is 11.6. The second-order valence-electron chi connectivity index (χ2n) is 9.80. The average molecular weight is 679 g/mol. The van der Waals surface area contributed by atoms with Crippen LogP contribution in [0.5, 0.6) is 0 Å². The molecule has 0 N–H and O–H groups in total. The largest absolute Gasteiger partial charge is 0.331 e. The molecule has 0 amide bonds. The van der Waals surface area contributed by atoms with E-state index in [1.807, 2.05) is 0 Å². The first-order valence-electron chi connectivity index (χ1n) is 13.1. The fraction of sp³-hybridized carbons (Fsp3) is 0.586. The second kappa shape index (κ2) is 17.4. The topological polar surface area (TPSA) is 63.2 Å². The van der Waals surface area contributed by atoms with E-state index < -0.39 is 16.2 Å². The Morgan fingerprint density at radius 2 is 1.21 bits per heavy atom. The van der Waals surface area contributed by atoms with Gasteiger partial charge in [-0.1, -0.05) is 82.2 Å². The first-order valence-corrected chi connectivity index (χ1v) is 17.4. The summed E-state index contributed by atoms with van der Waals surface area (Å²) in [5.41, 5.74) is 5.44. The highest BCUT2D eigenvalue weighted by molar-refractivity contribution is 14.1. The van der Waals surface area contributed by atoms with Crippen LogP contribution in [-0.4, -0.2) is 46.1 Å². The van der Waals surface area contributed by atoms with E-state index in [2.05, 4.69) is 98.5 Å². The van der Waals surface area contributed by atoms with Gasteiger partial charge < -0.3 is 22.6 Å². The molecular weight excluding hydrogens is 633 g/mol. The zero-order chi connectivity index (χ0) is 28.1. The van der Waals surface area contributed by atoms with Gasteiger partial charge in [0.1, 0.15) is 0 Å². The minimum atomic E-state index is -2.93. The summed E-state index contributed by atoms with van der Waals surface area (Å²) < 4.78 is 37.7. The molecule has 2 fully saturated rings. The maximum absolute atomic E-state index is 12.3. The van der Waals surface area contributed by atoms with Crippen LogP contribution in [0.25, 0.3) is 0 Å². The van der Waals surface area contributed by atoms with Gasteiger partial charge in [-0.25, -0.2) is 0 Å². The molecule has 2 aromatic rings. The molecule has 9 heteroatoms. The Labute approximate surface area is 245 Å². The molecule has 0 radical (unpaired) electrons. The molecule has 2 aromatic carbocycles. The van der Waals surface area contributed by atoms with Crippen LogP contribution >= 0.6 is 38.8 Å². The zero-order valence-corrected chi connectivity index (χ0v) is 27.8. The Bertz CT molecular complexity index is 981. The number of hydrogen-bond acceptors (Lipinski definition) is 6. The quantitative estimate of drug-likeness (QED) is 0.127. The van der Waals surface area contributed by atoms with Crippen molar-refractivity contribution in [3.63, 3.8) is 0 Å². The van der Waals surface area contributed by atoms with Crippen molar-refractivity contribution < 1.29 is 27.2 Å². The van der Waals surface area contributed by atoms with Gasteiger partial charge in [-0.05, 0) is 74.3 Å². The van der Waals surface area contributed by atoms with E-state index in [9.17, 15) is 4.57 Å². The zero-order valence-electron chi connectivity index (χ0n) is 23.9. The number of alkyl halides is 1. The standard InChI is InChI=1S/C14H21O3P.C12H15I.C3H9O3P/c1-11-5-4-6-13(9-11)14(12-7-8-12)10-18(15,16-2)17-3;1-9-3-2-4-11(7-9)12(8-13)10-5-6-10;1-4-7(5-2)6-3/h4-6,9,12,14H,7-8,10H2,1-3H3;2-4,7,10,12H,5-6,8H2,1H3;1-3H3. The average Bonchev–Trinajstić information content (AvgIpc) is 3.85. The molecule has 214 valence electrons. The smallest absolute Gasteiger partial charge is 0.316 e. The Hall–Kier alpha value is -0.370. The molecule has 2 aliphatic rings. The molecular formula is C29H45IO6P2. The van der Waals surface area contributed by atoms with Gasteiger partial charge in [0.2, 0.25) is 0 Å². The van der Waals surface area contributed by atoms with E-state index in [1.165, 1.54) is 61.0 Å². The summed E-state index contributed by atoms with van der Waals surface area (Å²) in [6, 6.07) is 17.4. The van der Waals surface area contributed by atoms with Gasteiger partial charge in [0, 0.05) is 40.0 Å². The first kappa shape index (κ1) is 33.8. The van der Waals surface area contributed by atoms with Crippen LogP contribution in [0.4, 0.5) is 0 Å². The molecule has 38 heavy (non-hydrogen) atoms. The number of aryl methyl sites for hydroxylation is 2. The maximum Gasteiger partial charge on any atom is 0.331 e. The molecule has 2 aliphatic carbocycles. The van der Waals surface area contributed by atoms with Gasteiger partial charge in [-0.15, -0.1) is 0 Å². The van der Waals surface area contributed by atoms with Crippen molar-refractivity contribution in [3.8, 4) is 0 Å². The van der Waals surface area contributed by atoms with Gasteiger partial charge >= 0.3 is 16.2 Å². The number of rotatable bonds is 12. The minimum absolute atomic E-state index is 0.288. The second-order valence-corrected chi connectivity index (χ2v) is 14.5. The van der Waals surface area contributed by atoms with Crippen LogP contribution in [0.15, 0.2) is 48.5 Å². The van der Waals surface area contributed by atoms with E-state index in [0.29, 0.717) is 12.1 Å². The van der Waals surface area contributed by atoms with Crippen molar-refractivity contribution in [1.82, 2.24) is 0 Å². The summed E-state index contributed by atoms with van der Waals surface area (Å²) in [5.74, 6) is 2.72.